The van der Waals surface area contributed by atoms with Gasteiger partial charge in [0.25, 0.3) is 5.91 Å². The van der Waals surface area contributed by atoms with E-state index in [1.54, 1.807) is 36.7 Å². The molecule has 5 N–H and O–H groups in total. The maximum absolute atomic E-state index is 12.7. The summed E-state index contributed by atoms with van der Waals surface area (Å²) in [5.74, 6) is 2.15. The van der Waals surface area contributed by atoms with Crippen LogP contribution in [0.15, 0.2) is 82.3 Å². The summed E-state index contributed by atoms with van der Waals surface area (Å²) >= 11 is 0. The third-order valence-electron chi connectivity index (χ3n) is 5.52. The zero-order chi connectivity index (χ0) is 27.3. The lowest BCUT2D eigenvalue weighted by atomic mass is 9.68. The first-order valence-electron chi connectivity index (χ1n) is 11.3. The van der Waals surface area contributed by atoms with Crippen molar-refractivity contribution in [1.29, 1.82) is 0 Å². The summed E-state index contributed by atoms with van der Waals surface area (Å²) in [6.45, 7) is -0.470. The number of nitrogens with two attached hydrogens (primary N) is 1. The summed E-state index contributed by atoms with van der Waals surface area (Å²) in [4.78, 5) is 66.5. The predicted octanol–water partition coefficient (Wildman–Crippen LogP) is 2.21. The van der Waals surface area contributed by atoms with Crippen LogP contribution in [0.4, 0.5) is 5.69 Å². The number of benzene rings is 2. The van der Waals surface area contributed by atoms with Gasteiger partial charge in [-0.05, 0) is 52.6 Å². The van der Waals surface area contributed by atoms with Gasteiger partial charge in [-0.1, -0.05) is 30.3 Å². The Hall–Kier alpha value is -4.73. The number of carbonyl (C=O) groups excluding carboxylic acids is 2. The molecule has 0 saturated heterocycles. The highest BCUT2D eigenvalue weighted by molar-refractivity contribution is 6.56. The predicted molar refractivity (Wildman–Crippen MR) is 138 cm³/mol. The van der Waals surface area contributed by atoms with Crippen LogP contribution in [-0.4, -0.2) is 29.8 Å². The van der Waals surface area contributed by atoms with Crippen LogP contribution >= 0.6 is 0 Å². The van der Waals surface area contributed by atoms with E-state index in [9.17, 15) is 24.3 Å². The molecule has 194 valence electrons. The Morgan fingerprint density at radius 3 is 2.34 bits per heavy atom. The van der Waals surface area contributed by atoms with E-state index < -0.39 is 24.8 Å². The van der Waals surface area contributed by atoms with Crippen molar-refractivity contribution in [2.75, 3.05) is 0 Å². The zero-order valence-corrected chi connectivity index (χ0v) is 19.9. The molecule has 0 fully saturated rings. The highest BCUT2D eigenvalue weighted by atomic mass is 16.7. The van der Waals surface area contributed by atoms with Crippen molar-refractivity contribution in [3.63, 3.8) is 0 Å². The Morgan fingerprint density at radius 2 is 1.71 bits per heavy atom. The van der Waals surface area contributed by atoms with Gasteiger partial charge in [0.2, 0.25) is 0 Å². The molecule has 14 nitrogen and oxygen atoms in total. The number of hydrogen-bond acceptors (Lipinski definition) is 13. The fourth-order valence-electron chi connectivity index (χ4n) is 3.58. The monoisotopic (exact) mass is 518 g/mol. The van der Waals surface area contributed by atoms with Crippen LogP contribution in [0.2, 0.25) is 0 Å². The number of carbonyl (C=O) groups is 2. The standard InChI is InChI=1S/C23H23BN8O6/c25-38-23(34)19-5-1-4-18(21(19)30-35)11-20(24(31-36)32-37)28-29-22(33)17-8-6-15(7-9-17)12-27-14-16-3-2-10-26-13-16/h1-10,13,20,27-28H,11-12,14,25H2,(H,29,33)/t20-/m0/s1. The van der Waals surface area contributed by atoms with Gasteiger partial charge in [-0.25, -0.2) is 10.2 Å². The van der Waals surface area contributed by atoms with Crippen molar-refractivity contribution < 1.29 is 14.4 Å². The molecule has 3 rings (SSSR count). The molecule has 0 spiro atoms. The lowest BCUT2D eigenvalue weighted by molar-refractivity contribution is 0.0504. The summed E-state index contributed by atoms with van der Waals surface area (Å²) in [7, 11) is 0. The topological polar surface area (TPSA) is 207 Å². The number of nitroso groups, excluding NO2 is 3. The van der Waals surface area contributed by atoms with E-state index in [1.165, 1.54) is 18.2 Å². The summed E-state index contributed by atoms with van der Waals surface area (Å²) in [6.07, 6.45) is 3.25. The minimum atomic E-state index is -1.67. The van der Waals surface area contributed by atoms with Crippen LogP contribution in [0.3, 0.4) is 0 Å². The molecule has 1 amide bonds. The highest BCUT2D eigenvalue weighted by Crippen LogP contribution is 2.26. The number of aromatic nitrogens is 1. The first-order chi connectivity index (χ1) is 18.5. The van der Waals surface area contributed by atoms with Gasteiger partial charge in [-0.3, -0.25) is 15.2 Å². The van der Waals surface area contributed by atoms with Crippen molar-refractivity contribution >= 4 is 24.5 Å². The molecule has 0 aliphatic heterocycles. The molecule has 0 radical (unpaired) electrons. The molecule has 0 bridgehead atoms. The lowest BCUT2D eigenvalue weighted by Gasteiger charge is -2.18. The van der Waals surface area contributed by atoms with Crippen LogP contribution in [0.1, 0.15) is 37.4 Å². The van der Waals surface area contributed by atoms with Crippen LogP contribution in [0.25, 0.3) is 0 Å². The Morgan fingerprint density at radius 1 is 0.974 bits per heavy atom. The van der Waals surface area contributed by atoms with Gasteiger partial charge in [0, 0.05) is 31.0 Å². The second kappa shape index (κ2) is 14.1. The summed E-state index contributed by atoms with van der Waals surface area (Å²) in [5.41, 5.74) is 6.89. The molecule has 2 aromatic carbocycles. The fourth-order valence-corrected chi connectivity index (χ4v) is 3.58. The Bertz CT molecular complexity index is 1270. The SMILES string of the molecule is NOC(=O)c1cccc(C[C@H](NNC(=O)c2ccc(CNCc3cccnc3)cc2)B(N=O)N=O)c1N=O. The summed E-state index contributed by atoms with van der Waals surface area (Å²) in [6, 6.07) is 14.7. The van der Waals surface area contributed by atoms with Crippen molar-refractivity contribution in [2.24, 2.45) is 21.2 Å². The van der Waals surface area contributed by atoms with E-state index >= 15 is 0 Å². The first-order valence-corrected chi connectivity index (χ1v) is 11.3. The van der Waals surface area contributed by atoms with Crippen molar-refractivity contribution in [3.8, 4) is 0 Å². The van der Waals surface area contributed by atoms with Crippen molar-refractivity contribution in [3.05, 3.63) is 110 Å². The second-order valence-corrected chi connectivity index (χ2v) is 8.01. The third-order valence-corrected chi connectivity index (χ3v) is 5.52. The largest absolute Gasteiger partial charge is 0.535 e. The Kier molecular flexibility index (Phi) is 10.4. The molecule has 0 aliphatic rings. The molecule has 0 saturated carbocycles. The van der Waals surface area contributed by atoms with E-state index in [0.717, 1.165) is 11.1 Å². The molecule has 1 heterocycles. The zero-order valence-electron chi connectivity index (χ0n) is 19.9. The lowest BCUT2D eigenvalue weighted by Crippen LogP contribution is -2.51. The van der Waals surface area contributed by atoms with Crippen LogP contribution in [-0.2, 0) is 24.3 Å². The van der Waals surface area contributed by atoms with Gasteiger partial charge in [0.1, 0.15) is 5.69 Å². The number of pyridine rings is 1. The normalized spacial score (nSPS) is 11.2. The molecule has 1 aromatic heterocycles. The average molecular weight is 518 g/mol. The van der Waals surface area contributed by atoms with E-state index in [4.69, 9.17) is 5.90 Å². The van der Waals surface area contributed by atoms with Crippen LogP contribution in [0, 0.1) is 14.7 Å². The number of nitrogens with one attached hydrogen (secondary N) is 3. The molecule has 15 heteroatoms. The van der Waals surface area contributed by atoms with Gasteiger partial charge in [-0.2, -0.15) is 15.7 Å². The molecular formula is C23H23BN8O6. The van der Waals surface area contributed by atoms with Gasteiger partial charge >= 0.3 is 13.0 Å². The molecule has 3 aromatic rings. The number of amides is 1. The van der Waals surface area contributed by atoms with Gasteiger partial charge in [0.15, 0.2) is 0 Å². The Labute approximate surface area is 216 Å². The quantitative estimate of drug-likeness (QED) is 0.139. The number of hydrogen-bond donors (Lipinski definition) is 4. The molecule has 38 heavy (non-hydrogen) atoms. The van der Waals surface area contributed by atoms with Crippen molar-refractivity contribution in [2.45, 2.75) is 25.5 Å². The number of hydrazine groups is 1. The van der Waals surface area contributed by atoms with Crippen molar-refractivity contribution in [1.82, 2.24) is 21.2 Å². The smallest absolute Gasteiger partial charge is 0.370 e. The minimum absolute atomic E-state index is 0.162. The third kappa shape index (κ3) is 7.39. The van der Waals surface area contributed by atoms with E-state index in [-0.39, 0.29) is 23.2 Å². The molecule has 0 aliphatic carbocycles. The summed E-state index contributed by atoms with van der Waals surface area (Å²) in [5, 5.41) is 11.5. The van der Waals surface area contributed by atoms with Gasteiger partial charge in [-0.15, -0.1) is 15.1 Å². The van der Waals surface area contributed by atoms with Gasteiger partial charge < -0.3 is 10.2 Å². The molecule has 0 unspecified atom stereocenters. The van der Waals surface area contributed by atoms with E-state index in [2.05, 4.69) is 41.3 Å². The highest BCUT2D eigenvalue weighted by Gasteiger charge is 2.33. The number of rotatable bonds is 14. The fraction of sp³-hybridized carbons (Fsp3) is 0.174. The first kappa shape index (κ1) is 27.9. The molecule has 1 atom stereocenters. The second-order valence-electron chi connectivity index (χ2n) is 8.01. The Balaban J connectivity index is 1.64. The van der Waals surface area contributed by atoms with Crippen LogP contribution in [0.5, 0.6) is 0 Å². The molecular weight excluding hydrogens is 495 g/mol. The van der Waals surface area contributed by atoms with E-state index in [0.29, 0.717) is 18.7 Å². The summed E-state index contributed by atoms with van der Waals surface area (Å²) < 4.78 is 0. The maximum Gasteiger partial charge on any atom is 0.535 e. The van der Waals surface area contributed by atoms with Gasteiger partial charge in [0.05, 0.1) is 11.5 Å². The number of nitrogens with zero attached hydrogens (tertiary/aromatic N) is 4. The van der Waals surface area contributed by atoms with Crippen LogP contribution < -0.4 is 22.1 Å². The van der Waals surface area contributed by atoms with E-state index in [1.807, 2.05) is 12.1 Å². The average Bonchev–Trinajstić information content (AvgIpc) is 2.96. The minimum Gasteiger partial charge on any atom is -0.370 e. The maximum atomic E-state index is 12.7.